The molecule has 0 aliphatic carbocycles. The van der Waals surface area contributed by atoms with Gasteiger partial charge in [-0.25, -0.2) is 0 Å². The SMILES string of the molecule is COc1ccc(C)cc1-c1nc(C(C)N)no1. The molecule has 2 N–H and O–H groups in total. The first-order valence-corrected chi connectivity index (χ1v) is 5.36. The Labute approximate surface area is 99.6 Å². The third kappa shape index (κ3) is 2.29. The van der Waals surface area contributed by atoms with E-state index in [9.17, 15) is 0 Å². The van der Waals surface area contributed by atoms with Gasteiger partial charge in [0, 0.05) is 0 Å². The third-order valence-electron chi connectivity index (χ3n) is 2.43. The van der Waals surface area contributed by atoms with Crippen molar-refractivity contribution in [2.45, 2.75) is 19.9 Å². The van der Waals surface area contributed by atoms with Gasteiger partial charge in [-0.1, -0.05) is 16.8 Å². The summed E-state index contributed by atoms with van der Waals surface area (Å²) in [5.41, 5.74) is 7.57. The van der Waals surface area contributed by atoms with Gasteiger partial charge in [0.25, 0.3) is 5.89 Å². The Balaban J connectivity index is 2.47. The van der Waals surface area contributed by atoms with Crippen molar-refractivity contribution in [1.82, 2.24) is 10.1 Å². The molecule has 1 heterocycles. The van der Waals surface area contributed by atoms with Gasteiger partial charge in [0.1, 0.15) is 5.75 Å². The summed E-state index contributed by atoms with van der Waals surface area (Å²) in [5.74, 6) is 1.62. The fourth-order valence-electron chi connectivity index (χ4n) is 1.52. The van der Waals surface area contributed by atoms with Crippen LogP contribution in [0, 0.1) is 6.92 Å². The molecular weight excluding hydrogens is 218 g/mol. The number of nitrogens with zero attached hydrogens (tertiary/aromatic N) is 2. The van der Waals surface area contributed by atoms with E-state index in [2.05, 4.69) is 10.1 Å². The molecule has 0 aliphatic heterocycles. The molecule has 17 heavy (non-hydrogen) atoms. The van der Waals surface area contributed by atoms with Gasteiger partial charge in [0.05, 0.1) is 18.7 Å². The van der Waals surface area contributed by atoms with Crippen molar-refractivity contribution in [2.75, 3.05) is 7.11 Å². The molecule has 1 atom stereocenters. The summed E-state index contributed by atoms with van der Waals surface area (Å²) in [5, 5.41) is 3.83. The molecule has 0 saturated heterocycles. The van der Waals surface area contributed by atoms with Gasteiger partial charge in [-0.15, -0.1) is 0 Å². The van der Waals surface area contributed by atoms with Crippen LogP contribution in [0.5, 0.6) is 5.75 Å². The Bertz CT molecular complexity index is 520. The van der Waals surface area contributed by atoms with Crippen LogP contribution in [-0.4, -0.2) is 17.3 Å². The molecular formula is C12H15N3O2. The molecule has 0 aliphatic rings. The van der Waals surface area contributed by atoms with Crippen LogP contribution in [0.25, 0.3) is 11.5 Å². The molecule has 0 bridgehead atoms. The minimum atomic E-state index is -0.247. The van der Waals surface area contributed by atoms with Crippen LogP contribution in [0.4, 0.5) is 0 Å². The molecule has 1 aromatic heterocycles. The summed E-state index contributed by atoms with van der Waals surface area (Å²) in [4.78, 5) is 4.25. The number of hydrogen-bond acceptors (Lipinski definition) is 5. The highest BCUT2D eigenvalue weighted by molar-refractivity contribution is 5.63. The largest absolute Gasteiger partial charge is 0.496 e. The first kappa shape index (κ1) is 11.6. The molecule has 0 amide bonds. The molecule has 0 radical (unpaired) electrons. The zero-order valence-electron chi connectivity index (χ0n) is 10.1. The maximum atomic E-state index is 5.69. The summed E-state index contributed by atoms with van der Waals surface area (Å²) < 4.78 is 10.5. The van der Waals surface area contributed by atoms with Gasteiger partial charge in [-0.3, -0.25) is 0 Å². The lowest BCUT2D eigenvalue weighted by Crippen LogP contribution is -2.06. The van der Waals surface area contributed by atoms with Crippen molar-refractivity contribution in [3.05, 3.63) is 29.6 Å². The summed E-state index contributed by atoms with van der Waals surface area (Å²) in [6, 6.07) is 5.53. The monoisotopic (exact) mass is 233 g/mol. The van der Waals surface area contributed by atoms with E-state index in [1.165, 1.54) is 0 Å². The van der Waals surface area contributed by atoms with Gasteiger partial charge in [-0.05, 0) is 26.0 Å². The van der Waals surface area contributed by atoms with Crippen molar-refractivity contribution in [3.8, 4) is 17.2 Å². The maximum Gasteiger partial charge on any atom is 0.261 e. The Morgan fingerprint density at radius 3 is 2.76 bits per heavy atom. The number of aromatic nitrogens is 2. The van der Waals surface area contributed by atoms with Crippen molar-refractivity contribution >= 4 is 0 Å². The van der Waals surface area contributed by atoms with Gasteiger partial charge in [-0.2, -0.15) is 4.98 Å². The summed E-state index contributed by atoms with van der Waals surface area (Å²) in [7, 11) is 1.61. The Hall–Kier alpha value is -1.88. The van der Waals surface area contributed by atoms with Gasteiger partial charge < -0.3 is 15.0 Å². The van der Waals surface area contributed by atoms with Crippen molar-refractivity contribution in [3.63, 3.8) is 0 Å². The van der Waals surface area contributed by atoms with E-state index in [1.807, 2.05) is 32.0 Å². The summed E-state index contributed by atoms with van der Waals surface area (Å²) >= 11 is 0. The van der Waals surface area contributed by atoms with Crippen molar-refractivity contribution in [2.24, 2.45) is 5.73 Å². The number of hydrogen-bond donors (Lipinski definition) is 1. The highest BCUT2D eigenvalue weighted by Gasteiger charge is 2.15. The van der Waals surface area contributed by atoms with Crippen LogP contribution < -0.4 is 10.5 Å². The normalized spacial score (nSPS) is 12.5. The Kier molecular flexibility index (Phi) is 3.10. The lowest BCUT2D eigenvalue weighted by Gasteiger charge is -2.05. The quantitative estimate of drug-likeness (QED) is 0.878. The fraction of sp³-hybridized carbons (Fsp3) is 0.333. The standard InChI is InChI=1S/C12H15N3O2/c1-7-4-5-10(16-3)9(6-7)12-14-11(8(2)13)15-17-12/h4-6,8H,13H2,1-3H3. The van der Waals surface area contributed by atoms with Gasteiger partial charge in [0.15, 0.2) is 5.82 Å². The van der Waals surface area contributed by atoms with Crippen molar-refractivity contribution in [1.29, 1.82) is 0 Å². The topological polar surface area (TPSA) is 74.2 Å². The van der Waals surface area contributed by atoms with Gasteiger partial charge in [0.2, 0.25) is 0 Å². The fourth-order valence-corrected chi connectivity index (χ4v) is 1.52. The number of ether oxygens (including phenoxy) is 1. The van der Waals surface area contributed by atoms with Crippen LogP contribution in [0.2, 0.25) is 0 Å². The first-order valence-electron chi connectivity index (χ1n) is 5.36. The second-order valence-corrected chi connectivity index (χ2v) is 3.95. The van der Waals surface area contributed by atoms with E-state index in [-0.39, 0.29) is 6.04 Å². The van der Waals surface area contributed by atoms with Gasteiger partial charge >= 0.3 is 0 Å². The number of aryl methyl sites for hydroxylation is 1. The van der Waals surface area contributed by atoms with Crippen LogP contribution in [0.3, 0.4) is 0 Å². The third-order valence-corrected chi connectivity index (χ3v) is 2.43. The lowest BCUT2D eigenvalue weighted by molar-refractivity contribution is 0.401. The zero-order valence-corrected chi connectivity index (χ0v) is 10.1. The molecule has 5 heteroatoms. The van der Waals surface area contributed by atoms with E-state index in [4.69, 9.17) is 15.0 Å². The highest BCUT2D eigenvalue weighted by atomic mass is 16.5. The van der Waals surface area contributed by atoms with E-state index < -0.39 is 0 Å². The second kappa shape index (κ2) is 4.55. The predicted octanol–water partition coefficient (Wildman–Crippen LogP) is 2.07. The number of rotatable bonds is 3. The predicted molar refractivity (Wildman–Crippen MR) is 63.6 cm³/mol. The van der Waals surface area contributed by atoms with Crippen molar-refractivity contribution < 1.29 is 9.26 Å². The molecule has 2 aromatic rings. The zero-order chi connectivity index (χ0) is 12.4. The Morgan fingerprint density at radius 2 is 2.18 bits per heavy atom. The lowest BCUT2D eigenvalue weighted by atomic mass is 10.1. The molecule has 0 spiro atoms. The number of methoxy groups -OCH3 is 1. The molecule has 1 unspecified atom stereocenters. The molecule has 1 aromatic carbocycles. The average Bonchev–Trinajstić information content (AvgIpc) is 2.78. The van der Waals surface area contributed by atoms with Crippen LogP contribution >= 0.6 is 0 Å². The molecule has 90 valence electrons. The van der Waals surface area contributed by atoms with Crippen LogP contribution in [-0.2, 0) is 0 Å². The van der Waals surface area contributed by atoms with E-state index in [1.54, 1.807) is 7.11 Å². The van der Waals surface area contributed by atoms with Crippen LogP contribution in [0.1, 0.15) is 24.4 Å². The highest BCUT2D eigenvalue weighted by Crippen LogP contribution is 2.29. The molecule has 0 saturated carbocycles. The average molecular weight is 233 g/mol. The summed E-state index contributed by atoms with van der Waals surface area (Å²) in [6.45, 7) is 3.80. The number of benzene rings is 1. The molecule has 2 rings (SSSR count). The molecule has 0 fully saturated rings. The summed E-state index contributed by atoms with van der Waals surface area (Å²) in [6.07, 6.45) is 0. The second-order valence-electron chi connectivity index (χ2n) is 3.95. The minimum Gasteiger partial charge on any atom is -0.496 e. The smallest absolute Gasteiger partial charge is 0.261 e. The molecule has 5 nitrogen and oxygen atoms in total. The Morgan fingerprint density at radius 1 is 1.41 bits per heavy atom. The van der Waals surface area contributed by atoms with E-state index >= 15 is 0 Å². The van der Waals surface area contributed by atoms with E-state index in [0.717, 1.165) is 11.1 Å². The first-order chi connectivity index (χ1) is 8.11. The van der Waals surface area contributed by atoms with Crippen LogP contribution in [0.15, 0.2) is 22.7 Å². The van der Waals surface area contributed by atoms with E-state index in [0.29, 0.717) is 17.5 Å². The maximum absolute atomic E-state index is 5.69. The minimum absolute atomic E-state index is 0.247. The number of nitrogens with two attached hydrogens (primary N) is 1.